The fraction of sp³-hybridized carbons (Fsp3) is 0.545. The Morgan fingerprint density at radius 2 is 1.67 bits per heavy atom. The number of fused-ring (bicyclic) bond motifs is 4. The second kappa shape index (κ2) is 11.4. The van der Waals surface area contributed by atoms with Gasteiger partial charge in [0.15, 0.2) is 28.9 Å². The molecule has 3 unspecified atom stereocenters. The molecular formula is C22H28N10O12P2. The number of aliphatic hydroxyl groups is 1. The van der Waals surface area contributed by atoms with Crippen LogP contribution in [0.1, 0.15) is 18.7 Å². The first-order valence-corrected chi connectivity index (χ1v) is 16.7. The summed E-state index contributed by atoms with van der Waals surface area (Å²) < 4.78 is 62.5. The van der Waals surface area contributed by atoms with E-state index in [1.165, 1.54) is 35.2 Å². The molecule has 1 aliphatic carbocycles. The third-order valence-electron chi connectivity index (χ3n) is 8.13. The van der Waals surface area contributed by atoms with Gasteiger partial charge in [-0.2, -0.15) is 4.98 Å². The van der Waals surface area contributed by atoms with Crippen molar-refractivity contribution in [1.82, 2.24) is 39.0 Å². The number of aromatic nitrogens is 8. The average molecular weight is 686 g/mol. The molecule has 248 valence electrons. The van der Waals surface area contributed by atoms with E-state index in [0.717, 1.165) is 0 Å². The van der Waals surface area contributed by atoms with Crippen molar-refractivity contribution in [1.29, 1.82) is 0 Å². The molecule has 4 aromatic rings. The molecule has 0 bridgehead atoms. The van der Waals surface area contributed by atoms with Gasteiger partial charge >= 0.3 is 15.6 Å². The zero-order valence-corrected chi connectivity index (χ0v) is 25.5. The minimum atomic E-state index is -4.93. The molecule has 0 aromatic carbocycles. The van der Waals surface area contributed by atoms with Gasteiger partial charge in [0.1, 0.15) is 42.4 Å². The molecule has 2 saturated heterocycles. The Hall–Kier alpha value is -3.40. The summed E-state index contributed by atoms with van der Waals surface area (Å²) in [7, 11) is -8.58. The van der Waals surface area contributed by atoms with Crippen LogP contribution in [-0.4, -0.2) is 105 Å². The third kappa shape index (κ3) is 5.40. The Morgan fingerprint density at radius 3 is 2.43 bits per heavy atom. The first kappa shape index (κ1) is 31.2. The molecule has 22 nitrogen and oxygen atoms in total. The molecule has 6 heterocycles. The summed E-state index contributed by atoms with van der Waals surface area (Å²) >= 11 is 0. The lowest BCUT2D eigenvalue weighted by molar-refractivity contribution is -0.0632. The van der Waals surface area contributed by atoms with Crippen molar-refractivity contribution in [2.24, 2.45) is 5.92 Å². The van der Waals surface area contributed by atoms with Gasteiger partial charge in [-0.1, -0.05) is 0 Å². The quantitative estimate of drug-likeness (QED) is 0.140. The highest BCUT2D eigenvalue weighted by molar-refractivity contribution is 7.47. The highest BCUT2D eigenvalue weighted by atomic mass is 31.2. The van der Waals surface area contributed by atoms with Gasteiger partial charge in [0.2, 0.25) is 5.95 Å². The van der Waals surface area contributed by atoms with E-state index in [1.807, 2.05) is 0 Å². The molecule has 46 heavy (non-hydrogen) atoms. The molecule has 0 spiro atoms. The molecule has 3 aliphatic rings. The van der Waals surface area contributed by atoms with E-state index in [1.54, 1.807) is 0 Å². The van der Waals surface area contributed by atoms with Crippen LogP contribution < -0.4 is 17.0 Å². The van der Waals surface area contributed by atoms with Crippen molar-refractivity contribution >= 4 is 49.7 Å². The predicted octanol–water partition coefficient (Wildman–Crippen LogP) is -1.02. The van der Waals surface area contributed by atoms with Crippen LogP contribution in [0, 0.1) is 5.92 Å². The lowest BCUT2D eigenvalue weighted by Gasteiger charge is -2.29. The summed E-state index contributed by atoms with van der Waals surface area (Å²) in [5, 5.41) is 11.3. The van der Waals surface area contributed by atoms with Crippen LogP contribution in [0.25, 0.3) is 22.3 Å². The summed E-state index contributed by atoms with van der Waals surface area (Å²) in [6.45, 7) is -1.26. The standard InChI is InChI=1S/C22H28N10O12P2/c1-39-16-15-10(42-21(16)32-7-28-12-19(32)29-22(24)30-20(12)34)4-41-46(37,38)43-14-8(3-40-45(35,36)44-15)2-9(13(14)33)31-6-27-11-17(23)25-5-26-18(11)31/h5-10,13-16,21,33H,2-4H2,1H3,(H,35,36)(H,37,38)(H2,23,25,26)(H3,24,29,30,34)/t8-,9-,10-,13-,14?,15+,16+,21-/m1/s1. The molecule has 1 saturated carbocycles. The number of aliphatic hydroxyl groups excluding tert-OH is 1. The number of rotatable bonds is 3. The number of ether oxygens (including phenoxy) is 2. The average Bonchev–Trinajstić information content (AvgIpc) is 3.75. The Kier molecular flexibility index (Phi) is 7.73. The second-order valence-electron chi connectivity index (χ2n) is 10.8. The lowest BCUT2D eigenvalue weighted by Crippen LogP contribution is -2.38. The van der Waals surface area contributed by atoms with Crippen LogP contribution in [-0.2, 0) is 36.7 Å². The number of aromatic amines is 1. The van der Waals surface area contributed by atoms with Crippen molar-refractivity contribution in [2.75, 3.05) is 31.8 Å². The number of nitrogens with zero attached hydrogens (tertiary/aromatic N) is 7. The largest absolute Gasteiger partial charge is 0.472 e. The Balaban J connectivity index is 1.18. The van der Waals surface area contributed by atoms with Crippen LogP contribution in [0.5, 0.6) is 0 Å². The summed E-state index contributed by atoms with van der Waals surface area (Å²) in [4.78, 5) is 56.6. The lowest BCUT2D eigenvalue weighted by atomic mass is 10.1. The maximum absolute atomic E-state index is 13.3. The molecule has 24 heteroatoms. The molecule has 4 aromatic heterocycles. The van der Waals surface area contributed by atoms with E-state index in [0.29, 0.717) is 0 Å². The number of phosphoric acid groups is 2. The van der Waals surface area contributed by atoms with Crippen LogP contribution in [0.2, 0.25) is 0 Å². The van der Waals surface area contributed by atoms with Crippen LogP contribution in [0.3, 0.4) is 0 Å². The van der Waals surface area contributed by atoms with E-state index in [9.17, 15) is 28.8 Å². The first-order valence-electron chi connectivity index (χ1n) is 13.7. The Labute approximate surface area is 256 Å². The molecule has 0 radical (unpaired) electrons. The number of imidazole rings is 2. The van der Waals surface area contributed by atoms with Crippen LogP contribution >= 0.6 is 15.6 Å². The number of anilines is 2. The fourth-order valence-corrected chi connectivity index (χ4v) is 8.09. The van der Waals surface area contributed by atoms with Gasteiger partial charge in [-0.05, 0) is 6.42 Å². The maximum Gasteiger partial charge on any atom is 0.472 e. The first-order chi connectivity index (χ1) is 21.9. The maximum atomic E-state index is 13.3. The third-order valence-corrected chi connectivity index (χ3v) is 10.1. The second-order valence-corrected chi connectivity index (χ2v) is 13.7. The van der Waals surface area contributed by atoms with Crippen LogP contribution in [0.4, 0.5) is 11.8 Å². The molecular weight excluding hydrogens is 658 g/mol. The number of nitrogen functional groups attached to an aromatic ring is 2. The van der Waals surface area contributed by atoms with Gasteiger partial charge in [-0.3, -0.25) is 32.4 Å². The normalized spacial score (nSPS) is 37.1. The number of phosphoric ester groups is 2. The molecule has 3 fully saturated rings. The highest BCUT2D eigenvalue weighted by Gasteiger charge is 2.54. The highest BCUT2D eigenvalue weighted by Crippen LogP contribution is 2.55. The smallest absolute Gasteiger partial charge is 0.388 e. The molecule has 0 amide bonds. The van der Waals surface area contributed by atoms with Crippen molar-refractivity contribution in [2.45, 2.75) is 49.2 Å². The van der Waals surface area contributed by atoms with Gasteiger partial charge in [0, 0.05) is 13.0 Å². The van der Waals surface area contributed by atoms with Crippen molar-refractivity contribution in [3.05, 3.63) is 29.3 Å². The predicted molar refractivity (Wildman–Crippen MR) is 151 cm³/mol. The van der Waals surface area contributed by atoms with E-state index < -0.39 is 83.1 Å². The van der Waals surface area contributed by atoms with Crippen molar-refractivity contribution < 1.29 is 51.6 Å². The van der Waals surface area contributed by atoms with Crippen molar-refractivity contribution in [3.8, 4) is 0 Å². The number of hydrogen-bond donors (Lipinski definition) is 6. The molecule has 2 aliphatic heterocycles. The SMILES string of the molecule is CO[C@H]1[C@H]2OP(=O)(O)OC[C@H]3C[C@@H](n4cnc5c(N)ncnc54)[C@@H](O)C3OP(=O)(O)OC[C@H]2O[C@H]1n1cnc2c(=O)[nH]c(N)nc21. The fourth-order valence-electron chi connectivity index (χ4n) is 6.08. The minimum Gasteiger partial charge on any atom is -0.388 e. The van der Waals surface area contributed by atoms with Gasteiger partial charge in [-0.25, -0.2) is 29.1 Å². The number of methoxy groups -OCH3 is 1. The summed E-state index contributed by atoms with van der Waals surface area (Å²) in [6.07, 6.45) is -4.18. The minimum absolute atomic E-state index is 0.00214. The Morgan fingerprint density at radius 1 is 0.978 bits per heavy atom. The number of hydrogen-bond acceptors (Lipinski definition) is 17. The van der Waals surface area contributed by atoms with E-state index in [2.05, 4.69) is 29.9 Å². The van der Waals surface area contributed by atoms with E-state index in [4.69, 9.17) is 39.0 Å². The number of nitrogens with two attached hydrogens (primary N) is 2. The van der Waals surface area contributed by atoms with Crippen molar-refractivity contribution in [3.63, 3.8) is 0 Å². The van der Waals surface area contributed by atoms with Gasteiger partial charge in [-0.15, -0.1) is 0 Å². The molecule has 8 N–H and O–H groups in total. The monoisotopic (exact) mass is 686 g/mol. The summed E-state index contributed by atoms with van der Waals surface area (Å²) in [5.74, 6) is -1.02. The van der Waals surface area contributed by atoms with E-state index in [-0.39, 0.29) is 40.5 Å². The summed E-state index contributed by atoms with van der Waals surface area (Å²) in [5.41, 5.74) is 11.4. The summed E-state index contributed by atoms with van der Waals surface area (Å²) in [6, 6.07) is -0.830. The Bertz CT molecular complexity index is 1950. The zero-order chi connectivity index (χ0) is 32.5. The topological polar surface area (TPSA) is 309 Å². The van der Waals surface area contributed by atoms with Crippen LogP contribution in [0.15, 0.2) is 23.8 Å². The van der Waals surface area contributed by atoms with Gasteiger partial charge in [0.25, 0.3) is 5.56 Å². The molecule has 7 rings (SSSR count). The van der Waals surface area contributed by atoms with E-state index >= 15 is 0 Å². The number of H-pyrrole nitrogens is 1. The molecule has 10 atom stereocenters. The van der Waals surface area contributed by atoms with Gasteiger partial charge < -0.3 is 40.4 Å². The van der Waals surface area contributed by atoms with Gasteiger partial charge in [0.05, 0.1) is 31.9 Å². The zero-order valence-electron chi connectivity index (χ0n) is 23.7. The number of nitrogens with one attached hydrogen (secondary N) is 1.